The minimum Gasteiger partial charge on any atom is -0.316 e. The highest BCUT2D eigenvalue weighted by atomic mass is 14.9. The summed E-state index contributed by atoms with van der Waals surface area (Å²) in [5, 5.41) is 6.52. The van der Waals surface area contributed by atoms with E-state index >= 15 is 0 Å². The Kier molecular flexibility index (Phi) is 3.60. The van der Waals surface area contributed by atoms with Crippen LogP contribution in [-0.2, 0) is 0 Å². The predicted octanol–water partition coefficient (Wildman–Crippen LogP) is 0.762. The number of nitrogens with one attached hydrogen (secondary N) is 2. The molecule has 0 aromatic heterocycles. The van der Waals surface area contributed by atoms with E-state index in [9.17, 15) is 0 Å². The second-order valence-electron chi connectivity index (χ2n) is 3.23. The van der Waals surface area contributed by atoms with Crippen LogP contribution in [0, 0.1) is 5.92 Å². The molecular formula is C9H18N2. The molecule has 0 spiro atoms. The molecule has 0 aliphatic carbocycles. The maximum Gasteiger partial charge on any atom is 0.0162 e. The number of likely N-dealkylation sites (N-methyl/N-ethyl adjacent to an activating group) is 1. The molecule has 1 rings (SSSR count). The lowest BCUT2D eigenvalue weighted by Gasteiger charge is -2.24. The minimum absolute atomic E-state index is 0.705. The van der Waals surface area contributed by atoms with E-state index in [1.165, 1.54) is 25.0 Å². The van der Waals surface area contributed by atoms with Crippen LogP contribution in [0.5, 0.6) is 0 Å². The van der Waals surface area contributed by atoms with Crippen molar-refractivity contribution in [2.45, 2.75) is 12.8 Å². The molecule has 0 aromatic rings. The van der Waals surface area contributed by atoms with Gasteiger partial charge in [0.2, 0.25) is 0 Å². The summed E-state index contributed by atoms with van der Waals surface area (Å²) < 4.78 is 0. The fraction of sp³-hybridized carbons (Fsp3) is 0.778. The number of rotatable bonds is 3. The average Bonchev–Trinajstić information content (AvgIpc) is 2.07. The maximum absolute atomic E-state index is 4.07. The highest BCUT2D eigenvalue weighted by Crippen LogP contribution is 2.16. The van der Waals surface area contributed by atoms with E-state index in [1.807, 2.05) is 7.05 Å². The Morgan fingerprint density at radius 2 is 2.55 bits per heavy atom. The van der Waals surface area contributed by atoms with Gasteiger partial charge in [-0.2, -0.15) is 0 Å². The normalized spacial score (nSPS) is 25.0. The number of hydrogen-bond donors (Lipinski definition) is 2. The molecule has 1 aliphatic rings. The number of hydrogen-bond acceptors (Lipinski definition) is 2. The molecule has 0 saturated carbocycles. The monoisotopic (exact) mass is 154 g/mol. The van der Waals surface area contributed by atoms with Crippen molar-refractivity contribution in [3.63, 3.8) is 0 Å². The zero-order chi connectivity index (χ0) is 8.10. The van der Waals surface area contributed by atoms with Gasteiger partial charge in [-0.25, -0.2) is 0 Å². The summed E-state index contributed by atoms with van der Waals surface area (Å²) in [5.41, 5.74) is 1.35. The van der Waals surface area contributed by atoms with Crippen molar-refractivity contribution in [2.75, 3.05) is 26.7 Å². The quantitative estimate of drug-likeness (QED) is 0.586. The topological polar surface area (TPSA) is 24.1 Å². The van der Waals surface area contributed by atoms with Gasteiger partial charge in [-0.05, 0) is 32.4 Å². The van der Waals surface area contributed by atoms with Crippen LogP contribution in [0.25, 0.3) is 0 Å². The summed E-state index contributed by atoms with van der Waals surface area (Å²) in [5.74, 6) is 0.705. The first-order chi connectivity index (χ1) is 5.34. The van der Waals surface area contributed by atoms with Crippen LogP contribution < -0.4 is 10.6 Å². The summed E-state index contributed by atoms with van der Waals surface area (Å²) in [6.45, 7) is 7.34. The van der Waals surface area contributed by atoms with E-state index in [0.29, 0.717) is 5.92 Å². The SMILES string of the molecule is C=C(CNC)C1CCCNC1. The summed E-state index contributed by atoms with van der Waals surface area (Å²) in [6.07, 6.45) is 2.61. The van der Waals surface area contributed by atoms with Gasteiger partial charge in [0, 0.05) is 13.1 Å². The lowest BCUT2D eigenvalue weighted by Crippen LogP contribution is -2.32. The Hall–Kier alpha value is -0.340. The minimum atomic E-state index is 0.705. The third-order valence-corrected chi connectivity index (χ3v) is 2.28. The molecule has 1 fully saturated rings. The second kappa shape index (κ2) is 4.52. The molecule has 1 unspecified atom stereocenters. The fourth-order valence-corrected chi connectivity index (χ4v) is 1.57. The van der Waals surface area contributed by atoms with Gasteiger partial charge in [-0.3, -0.25) is 0 Å². The standard InChI is InChI=1S/C9H18N2/c1-8(6-10-2)9-4-3-5-11-7-9/h9-11H,1,3-7H2,2H3. The van der Waals surface area contributed by atoms with Crippen LogP contribution in [0.2, 0.25) is 0 Å². The van der Waals surface area contributed by atoms with Crippen molar-refractivity contribution < 1.29 is 0 Å². The molecule has 2 nitrogen and oxygen atoms in total. The summed E-state index contributed by atoms with van der Waals surface area (Å²) in [7, 11) is 1.97. The lowest BCUT2D eigenvalue weighted by atomic mass is 9.92. The second-order valence-corrected chi connectivity index (χ2v) is 3.23. The molecular weight excluding hydrogens is 136 g/mol. The van der Waals surface area contributed by atoms with Gasteiger partial charge in [-0.15, -0.1) is 0 Å². The van der Waals surface area contributed by atoms with Crippen molar-refractivity contribution in [1.29, 1.82) is 0 Å². The first-order valence-electron chi connectivity index (χ1n) is 4.37. The van der Waals surface area contributed by atoms with E-state index in [1.54, 1.807) is 0 Å². The van der Waals surface area contributed by atoms with Gasteiger partial charge in [0.25, 0.3) is 0 Å². The van der Waals surface area contributed by atoms with E-state index in [-0.39, 0.29) is 0 Å². The van der Waals surface area contributed by atoms with Crippen LogP contribution in [0.4, 0.5) is 0 Å². The Labute approximate surface area is 69.1 Å². The van der Waals surface area contributed by atoms with Crippen LogP contribution >= 0.6 is 0 Å². The zero-order valence-corrected chi connectivity index (χ0v) is 7.32. The third kappa shape index (κ3) is 2.64. The Morgan fingerprint density at radius 3 is 3.09 bits per heavy atom. The molecule has 0 bridgehead atoms. The van der Waals surface area contributed by atoms with Gasteiger partial charge >= 0.3 is 0 Å². The molecule has 1 aliphatic heterocycles. The van der Waals surface area contributed by atoms with Gasteiger partial charge in [-0.1, -0.05) is 12.2 Å². The van der Waals surface area contributed by atoms with Crippen molar-refractivity contribution in [1.82, 2.24) is 10.6 Å². The van der Waals surface area contributed by atoms with Crippen molar-refractivity contribution in [2.24, 2.45) is 5.92 Å². The molecule has 2 N–H and O–H groups in total. The molecule has 1 atom stereocenters. The Balaban J connectivity index is 2.27. The summed E-state index contributed by atoms with van der Waals surface area (Å²) in [6, 6.07) is 0. The first kappa shape index (κ1) is 8.75. The van der Waals surface area contributed by atoms with Crippen molar-refractivity contribution in [3.05, 3.63) is 12.2 Å². The van der Waals surface area contributed by atoms with Crippen LogP contribution in [0.1, 0.15) is 12.8 Å². The highest BCUT2D eigenvalue weighted by Gasteiger charge is 2.14. The Bertz CT molecular complexity index is 126. The molecule has 1 saturated heterocycles. The predicted molar refractivity (Wildman–Crippen MR) is 48.7 cm³/mol. The third-order valence-electron chi connectivity index (χ3n) is 2.28. The summed E-state index contributed by atoms with van der Waals surface area (Å²) >= 11 is 0. The van der Waals surface area contributed by atoms with Gasteiger partial charge in [0.05, 0.1) is 0 Å². The fourth-order valence-electron chi connectivity index (χ4n) is 1.57. The summed E-state index contributed by atoms with van der Waals surface area (Å²) in [4.78, 5) is 0. The molecule has 0 amide bonds. The van der Waals surface area contributed by atoms with Crippen LogP contribution in [0.3, 0.4) is 0 Å². The Morgan fingerprint density at radius 1 is 1.73 bits per heavy atom. The molecule has 64 valence electrons. The first-order valence-corrected chi connectivity index (χ1v) is 4.37. The number of piperidine rings is 1. The van der Waals surface area contributed by atoms with Crippen molar-refractivity contribution in [3.8, 4) is 0 Å². The van der Waals surface area contributed by atoms with Gasteiger partial charge < -0.3 is 10.6 Å². The van der Waals surface area contributed by atoms with Gasteiger partial charge in [0.1, 0.15) is 0 Å². The molecule has 0 aromatic carbocycles. The molecule has 0 radical (unpaired) electrons. The largest absolute Gasteiger partial charge is 0.316 e. The molecule has 11 heavy (non-hydrogen) atoms. The van der Waals surface area contributed by atoms with E-state index < -0.39 is 0 Å². The van der Waals surface area contributed by atoms with Crippen molar-refractivity contribution >= 4 is 0 Å². The average molecular weight is 154 g/mol. The van der Waals surface area contributed by atoms with E-state index in [0.717, 1.165) is 13.1 Å². The molecule has 2 heteroatoms. The molecule has 1 heterocycles. The maximum atomic E-state index is 4.07. The lowest BCUT2D eigenvalue weighted by molar-refractivity contribution is 0.416. The smallest absolute Gasteiger partial charge is 0.0162 e. The van der Waals surface area contributed by atoms with Crippen LogP contribution in [-0.4, -0.2) is 26.7 Å². The van der Waals surface area contributed by atoms with Crippen LogP contribution in [0.15, 0.2) is 12.2 Å². The zero-order valence-electron chi connectivity index (χ0n) is 7.32. The van der Waals surface area contributed by atoms with Gasteiger partial charge in [0.15, 0.2) is 0 Å². The van der Waals surface area contributed by atoms with E-state index in [4.69, 9.17) is 0 Å². The highest BCUT2D eigenvalue weighted by molar-refractivity contribution is 5.04. The van der Waals surface area contributed by atoms with E-state index in [2.05, 4.69) is 17.2 Å².